The number of anilines is 2. The van der Waals surface area contributed by atoms with Gasteiger partial charge in [-0.1, -0.05) is 0 Å². The van der Waals surface area contributed by atoms with Crippen LogP contribution in [0.4, 0.5) is 11.8 Å². The van der Waals surface area contributed by atoms with Gasteiger partial charge in [0.15, 0.2) is 0 Å². The van der Waals surface area contributed by atoms with E-state index in [9.17, 15) is 4.79 Å². The molecule has 3 N–H and O–H groups in total. The fourth-order valence-corrected chi connectivity index (χ4v) is 1.46. The van der Waals surface area contributed by atoms with Crippen LogP contribution in [0.5, 0.6) is 0 Å². The first kappa shape index (κ1) is 15.2. The largest absolute Gasteiger partial charge is 0.383 e. The molecule has 0 fully saturated rings. The summed E-state index contributed by atoms with van der Waals surface area (Å²) < 4.78 is 4.85. The Morgan fingerprint density at radius 1 is 1.37 bits per heavy atom. The van der Waals surface area contributed by atoms with Gasteiger partial charge in [-0.2, -0.15) is 4.98 Å². The lowest BCUT2D eigenvalue weighted by Gasteiger charge is -2.08. The molecule has 1 heterocycles. The van der Waals surface area contributed by atoms with E-state index in [-0.39, 0.29) is 5.91 Å². The molecule has 1 rings (SSSR count). The molecule has 0 spiro atoms. The number of carbonyl (C=O) groups is 1. The summed E-state index contributed by atoms with van der Waals surface area (Å²) in [6.07, 6.45) is 0.391. The smallest absolute Gasteiger partial charge is 0.224 e. The van der Waals surface area contributed by atoms with Gasteiger partial charge in [0.2, 0.25) is 11.9 Å². The maximum absolute atomic E-state index is 11.4. The molecule has 19 heavy (non-hydrogen) atoms. The lowest BCUT2D eigenvalue weighted by atomic mass is 10.3. The Bertz CT molecular complexity index is 411. The van der Waals surface area contributed by atoms with Crippen molar-refractivity contribution in [3.8, 4) is 0 Å². The predicted molar refractivity (Wildman–Crippen MR) is 74.3 cm³/mol. The zero-order valence-corrected chi connectivity index (χ0v) is 11.6. The van der Waals surface area contributed by atoms with E-state index < -0.39 is 0 Å². The molecule has 1 aromatic heterocycles. The van der Waals surface area contributed by atoms with Crippen molar-refractivity contribution in [3.05, 3.63) is 11.8 Å². The quantitative estimate of drug-likeness (QED) is 0.591. The molecule has 0 saturated carbocycles. The molecule has 0 atom stereocenters. The van der Waals surface area contributed by atoms with E-state index in [1.165, 1.54) is 0 Å². The number of hydrogen-bond donors (Lipinski definition) is 3. The third kappa shape index (κ3) is 6.01. The first-order valence-electron chi connectivity index (χ1n) is 6.18. The Kier molecular flexibility index (Phi) is 6.59. The van der Waals surface area contributed by atoms with Crippen LogP contribution in [0, 0.1) is 6.92 Å². The number of rotatable bonds is 8. The average molecular weight is 267 g/mol. The van der Waals surface area contributed by atoms with Gasteiger partial charge >= 0.3 is 0 Å². The van der Waals surface area contributed by atoms with Crippen molar-refractivity contribution in [2.24, 2.45) is 0 Å². The van der Waals surface area contributed by atoms with Crippen LogP contribution in [-0.2, 0) is 9.53 Å². The van der Waals surface area contributed by atoms with Gasteiger partial charge in [0.25, 0.3) is 0 Å². The van der Waals surface area contributed by atoms with Crippen molar-refractivity contribution in [2.45, 2.75) is 13.3 Å². The van der Waals surface area contributed by atoms with E-state index in [4.69, 9.17) is 4.74 Å². The second kappa shape index (κ2) is 8.25. The monoisotopic (exact) mass is 267 g/mol. The molecule has 0 aliphatic heterocycles. The van der Waals surface area contributed by atoms with Crippen LogP contribution >= 0.6 is 0 Å². The van der Waals surface area contributed by atoms with Crippen LogP contribution in [0.1, 0.15) is 12.1 Å². The molecule has 0 radical (unpaired) electrons. The lowest BCUT2D eigenvalue weighted by molar-refractivity contribution is -0.121. The van der Waals surface area contributed by atoms with Gasteiger partial charge in [0.1, 0.15) is 5.82 Å². The van der Waals surface area contributed by atoms with Gasteiger partial charge in [-0.3, -0.25) is 4.79 Å². The Morgan fingerprint density at radius 2 is 2.16 bits per heavy atom. The summed E-state index contributed by atoms with van der Waals surface area (Å²) >= 11 is 0. The zero-order valence-electron chi connectivity index (χ0n) is 11.6. The third-order valence-corrected chi connectivity index (χ3v) is 2.36. The minimum Gasteiger partial charge on any atom is -0.383 e. The summed E-state index contributed by atoms with van der Waals surface area (Å²) in [6, 6.07) is 1.84. The highest BCUT2D eigenvalue weighted by Crippen LogP contribution is 2.08. The molecule has 0 saturated heterocycles. The molecule has 7 heteroatoms. The molecule has 0 aliphatic carbocycles. The highest BCUT2D eigenvalue weighted by Gasteiger charge is 2.03. The fraction of sp³-hybridized carbons (Fsp3) is 0.583. The van der Waals surface area contributed by atoms with Gasteiger partial charge in [-0.25, -0.2) is 4.98 Å². The van der Waals surface area contributed by atoms with Crippen LogP contribution in [0.2, 0.25) is 0 Å². The summed E-state index contributed by atoms with van der Waals surface area (Å²) in [5, 5.41) is 8.74. The molecule has 0 aliphatic rings. The van der Waals surface area contributed by atoms with E-state index in [1.54, 1.807) is 14.2 Å². The summed E-state index contributed by atoms with van der Waals surface area (Å²) in [7, 11) is 3.37. The van der Waals surface area contributed by atoms with Crippen molar-refractivity contribution < 1.29 is 9.53 Å². The maximum Gasteiger partial charge on any atom is 0.224 e. The second-order valence-electron chi connectivity index (χ2n) is 3.99. The molecular formula is C12H21N5O2. The Hall–Kier alpha value is -1.89. The Morgan fingerprint density at radius 3 is 2.84 bits per heavy atom. The van der Waals surface area contributed by atoms with E-state index in [0.29, 0.717) is 37.9 Å². The number of methoxy groups -OCH3 is 1. The summed E-state index contributed by atoms with van der Waals surface area (Å²) in [5.41, 5.74) is 0.867. The fourth-order valence-electron chi connectivity index (χ4n) is 1.46. The molecule has 1 amide bonds. The van der Waals surface area contributed by atoms with Gasteiger partial charge in [-0.05, 0) is 6.92 Å². The average Bonchev–Trinajstić information content (AvgIpc) is 2.38. The number of amides is 1. The summed E-state index contributed by atoms with van der Waals surface area (Å²) in [4.78, 5) is 19.9. The van der Waals surface area contributed by atoms with Crippen molar-refractivity contribution >= 4 is 17.7 Å². The predicted octanol–water partition coefficient (Wildman–Crippen LogP) is 0.391. The highest BCUT2D eigenvalue weighted by atomic mass is 16.5. The first-order valence-corrected chi connectivity index (χ1v) is 6.18. The molecule has 0 bridgehead atoms. The van der Waals surface area contributed by atoms with Gasteiger partial charge in [-0.15, -0.1) is 0 Å². The number of aryl methyl sites for hydroxylation is 1. The van der Waals surface area contributed by atoms with Crippen LogP contribution in [0.3, 0.4) is 0 Å². The minimum atomic E-state index is -0.0100. The lowest BCUT2D eigenvalue weighted by Crippen LogP contribution is -2.28. The van der Waals surface area contributed by atoms with Crippen LogP contribution in [0.25, 0.3) is 0 Å². The minimum absolute atomic E-state index is 0.0100. The van der Waals surface area contributed by atoms with Crippen LogP contribution < -0.4 is 16.0 Å². The van der Waals surface area contributed by atoms with Crippen molar-refractivity contribution in [1.29, 1.82) is 0 Å². The van der Waals surface area contributed by atoms with E-state index in [1.807, 2.05) is 13.0 Å². The first-order chi connectivity index (χ1) is 9.15. The van der Waals surface area contributed by atoms with Crippen LogP contribution in [-0.4, -0.2) is 49.7 Å². The number of nitrogens with zero attached hydrogens (tertiary/aromatic N) is 2. The Balaban J connectivity index is 2.32. The molecule has 1 aromatic rings. The SMILES string of the molecule is CNc1nc(C)cc(NCCC(=O)NCCOC)n1. The van der Waals surface area contributed by atoms with Crippen molar-refractivity contribution in [1.82, 2.24) is 15.3 Å². The maximum atomic E-state index is 11.4. The highest BCUT2D eigenvalue weighted by molar-refractivity contribution is 5.76. The number of aromatic nitrogens is 2. The third-order valence-electron chi connectivity index (χ3n) is 2.36. The van der Waals surface area contributed by atoms with Crippen molar-refractivity contribution in [3.63, 3.8) is 0 Å². The number of hydrogen-bond acceptors (Lipinski definition) is 6. The summed E-state index contributed by atoms with van der Waals surface area (Å²) in [6.45, 7) is 3.48. The van der Waals surface area contributed by atoms with E-state index in [0.717, 1.165) is 5.69 Å². The zero-order chi connectivity index (χ0) is 14.1. The van der Waals surface area contributed by atoms with Gasteiger partial charge in [0, 0.05) is 45.4 Å². The molecule has 106 valence electrons. The van der Waals surface area contributed by atoms with Gasteiger partial charge in [0.05, 0.1) is 6.61 Å². The molecule has 0 unspecified atom stereocenters. The number of carbonyl (C=O) groups excluding carboxylic acids is 1. The van der Waals surface area contributed by atoms with Crippen molar-refractivity contribution in [2.75, 3.05) is 44.5 Å². The second-order valence-corrected chi connectivity index (χ2v) is 3.99. The molecule has 0 aromatic carbocycles. The van der Waals surface area contributed by atoms with Gasteiger partial charge < -0.3 is 20.7 Å². The molecule has 7 nitrogen and oxygen atoms in total. The van der Waals surface area contributed by atoms with E-state index in [2.05, 4.69) is 25.9 Å². The standard InChI is InChI=1S/C12H21N5O2/c1-9-8-10(17-12(13-2)16-9)14-5-4-11(18)15-6-7-19-3/h8H,4-7H2,1-3H3,(H,15,18)(H2,13,14,16,17). The Labute approximate surface area is 113 Å². The number of nitrogens with one attached hydrogen (secondary N) is 3. The summed E-state index contributed by atoms with van der Waals surface area (Å²) in [5.74, 6) is 1.26. The van der Waals surface area contributed by atoms with Crippen LogP contribution in [0.15, 0.2) is 6.07 Å². The number of ether oxygens (including phenoxy) is 1. The topological polar surface area (TPSA) is 88.2 Å². The van der Waals surface area contributed by atoms with E-state index >= 15 is 0 Å². The molecular weight excluding hydrogens is 246 g/mol. The normalized spacial score (nSPS) is 10.1.